The minimum absolute atomic E-state index is 0.00832. The van der Waals surface area contributed by atoms with Gasteiger partial charge < -0.3 is 20.3 Å². The van der Waals surface area contributed by atoms with Crippen LogP contribution in [0.4, 0.5) is 0 Å². The fourth-order valence-electron chi connectivity index (χ4n) is 9.23. The van der Waals surface area contributed by atoms with Crippen molar-refractivity contribution in [3.8, 4) is 0 Å². The molecule has 376 valence electrons. The largest absolute Gasteiger partial charge is 0.466 e. The summed E-state index contributed by atoms with van der Waals surface area (Å²) in [5.74, 6) is -0.0319. The van der Waals surface area contributed by atoms with Crippen molar-refractivity contribution in [2.45, 2.75) is 341 Å². The summed E-state index contributed by atoms with van der Waals surface area (Å²) >= 11 is 0. The van der Waals surface area contributed by atoms with Crippen LogP contribution in [0.3, 0.4) is 0 Å². The lowest BCUT2D eigenvalue weighted by Gasteiger charge is -2.22. The Morgan fingerprint density at radius 1 is 0.381 bits per heavy atom. The highest BCUT2D eigenvalue weighted by Gasteiger charge is 2.20. The van der Waals surface area contributed by atoms with E-state index in [-0.39, 0.29) is 18.5 Å². The standard InChI is InChI=1S/C57H113NO5/c1-3-5-7-9-11-13-15-17-18-19-20-24-27-31-35-39-43-47-51-57(62)63-52-48-44-40-36-32-28-25-22-21-23-26-30-34-38-42-46-50-56(61)58-54(53-59)55(60)49-45-41-37-33-29-16-14-12-10-8-6-4-2/h54-55,59-60H,3-53H2,1-2H3,(H,58,61). The summed E-state index contributed by atoms with van der Waals surface area (Å²) in [6.07, 6.45) is 60.9. The summed E-state index contributed by atoms with van der Waals surface area (Å²) in [5.41, 5.74) is 0. The van der Waals surface area contributed by atoms with Crippen LogP contribution in [-0.2, 0) is 14.3 Å². The van der Waals surface area contributed by atoms with Crippen molar-refractivity contribution in [1.82, 2.24) is 5.32 Å². The van der Waals surface area contributed by atoms with Crippen LogP contribution in [0, 0.1) is 0 Å². The van der Waals surface area contributed by atoms with Gasteiger partial charge in [-0.2, -0.15) is 0 Å². The predicted molar refractivity (Wildman–Crippen MR) is 274 cm³/mol. The molecule has 0 rings (SSSR count). The van der Waals surface area contributed by atoms with Crippen LogP contribution in [0.2, 0.25) is 0 Å². The SMILES string of the molecule is CCCCCCCCCCCCCCCCCCCCC(=O)OCCCCCCCCCCCCCCCCCCC(=O)NC(CO)C(O)CCCCCCCCCCCCCC. The van der Waals surface area contributed by atoms with E-state index >= 15 is 0 Å². The first-order chi connectivity index (χ1) is 31.0. The summed E-state index contributed by atoms with van der Waals surface area (Å²) in [6, 6.07) is -0.544. The monoisotopic (exact) mass is 892 g/mol. The molecule has 0 aliphatic heterocycles. The average molecular weight is 893 g/mol. The maximum absolute atomic E-state index is 12.4. The highest BCUT2D eigenvalue weighted by molar-refractivity contribution is 5.76. The van der Waals surface area contributed by atoms with Crippen molar-refractivity contribution in [1.29, 1.82) is 0 Å². The molecule has 0 aromatic rings. The van der Waals surface area contributed by atoms with Crippen LogP contribution in [-0.4, -0.2) is 47.4 Å². The molecule has 63 heavy (non-hydrogen) atoms. The number of aliphatic hydroxyl groups is 2. The molecule has 0 heterocycles. The average Bonchev–Trinajstić information content (AvgIpc) is 3.28. The van der Waals surface area contributed by atoms with Gasteiger partial charge in [-0.25, -0.2) is 0 Å². The minimum atomic E-state index is -0.666. The molecule has 0 aromatic heterocycles. The number of rotatable bonds is 54. The maximum Gasteiger partial charge on any atom is 0.305 e. The second-order valence-corrected chi connectivity index (χ2v) is 20.0. The normalized spacial score (nSPS) is 12.5. The van der Waals surface area contributed by atoms with Crippen molar-refractivity contribution in [3.63, 3.8) is 0 Å². The van der Waals surface area contributed by atoms with E-state index < -0.39 is 12.1 Å². The van der Waals surface area contributed by atoms with Gasteiger partial charge in [0.25, 0.3) is 0 Å². The first-order valence-corrected chi connectivity index (χ1v) is 28.8. The molecule has 0 aromatic carbocycles. The quantitative estimate of drug-likeness (QED) is 0.0418. The summed E-state index contributed by atoms with van der Waals surface area (Å²) < 4.78 is 5.49. The van der Waals surface area contributed by atoms with Crippen LogP contribution in [0.15, 0.2) is 0 Å². The van der Waals surface area contributed by atoms with E-state index in [9.17, 15) is 19.8 Å². The lowest BCUT2D eigenvalue weighted by atomic mass is 10.0. The third-order valence-corrected chi connectivity index (χ3v) is 13.7. The molecule has 0 aliphatic rings. The van der Waals surface area contributed by atoms with E-state index in [0.29, 0.717) is 25.9 Å². The molecule has 0 saturated heterocycles. The fraction of sp³-hybridized carbons (Fsp3) is 0.965. The Kier molecular flexibility index (Phi) is 52.5. The van der Waals surface area contributed by atoms with E-state index in [4.69, 9.17) is 4.74 Å². The second-order valence-electron chi connectivity index (χ2n) is 20.0. The van der Waals surface area contributed by atoms with E-state index in [1.807, 2.05) is 0 Å². The number of nitrogens with one attached hydrogen (secondary N) is 1. The van der Waals surface area contributed by atoms with Crippen molar-refractivity contribution < 1.29 is 24.5 Å². The lowest BCUT2D eigenvalue weighted by Crippen LogP contribution is -2.45. The molecule has 0 radical (unpaired) electrons. The second kappa shape index (κ2) is 53.5. The Morgan fingerprint density at radius 2 is 0.651 bits per heavy atom. The predicted octanol–water partition coefficient (Wildman–Crippen LogP) is 17.5. The van der Waals surface area contributed by atoms with Crippen LogP contribution in [0.5, 0.6) is 0 Å². The first-order valence-electron chi connectivity index (χ1n) is 28.8. The number of amides is 1. The molecule has 6 heteroatoms. The molecule has 2 unspecified atom stereocenters. The maximum atomic E-state index is 12.4. The van der Waals surface area contributed by atoms with Crippen molar-refractivity contribution in [3.05, 3.63) is 0 Å². The van der Waals surface area contributed by atoms with Crippen LogP contribution < -0.4 is 5.32 Å². The summed E-state index contributed by atoms with van der Waals surface area (Å²) in [6.45, 7) is 4.96. The van der Waals surface area contributed by atoms with Crippen LogP contribution >= 0.6 is 0 Å². The molecule has 0 spiro atoms. The van der Waals surface area contributed by atoms with Crippen LogP contribution in [0.1, 0.15) is 328 Å². The minimum Gasteiger partial charge on any atom is -0.466 e. The van der Waals surface area contributed by atoms with E-state index in [1.165, 1.54) is 257 Å². The van der Waals surface area contributed by atoms with Crippen molar-refractivity contribution >= 4 is 11.9 Å². The Morgan fingerprint density at radius 3 is 0.968 bits per heavy atom. The molecular formula is C57H113NO5. The molecule has 6 nitrogen and oxygen atoms in total. The zero-order valence-electron chi connectivity index (χ0n) is 42.8. The third kappa shape index (κ3) is 50.1. The summed E-state index contributed by atoms with van der Waals surface area (Å²) in [4.78, 5) is 24.5. The molecule has 2 atom stereocenters. The van der Waals surface area contributed by atoms with Gasteiger partial charge in [0.15, 0.2) is 0 Å². The fourth-order valence-corrected chi connectivity index (χ4v) is 9.23. The van der Waals surface area contributed by atoms with Gasteiger partial charge in [-0.05, 0) is 25.7 Å². The number of carbonyl (C=O) groups is 2. The van der Waals surface area contributed by atoms with Gasteiger partial charge in [-0.1, -0.05) is 290 Å². The number of unbranched alkanes of at least 4 members (excludes halogenated alkanes) is 43. The summed E-state index contributed by atoms with van der Waals surface area (Å²) in [5, 5.41) is 23.2. The molecule has 0 aliphatic carbocycles. The van der Waals surface area contributed by atoms with Gasteiger partial charge in [-0.15, -0.1) is 0 Å². The van der Waals surface area contributed by atoms with Gasteiger partial charge in [0, 0.05) is 12.8 Å². The third-order valence-electron chi connectivity index (χ3n) is 13.7. The Hall–Kier alpha value is -1.14. The topological polar surface area (TPSA) is 95.9 Å². The van der Waals surface area contributed by atoms with Gasteiger partial charge >= 0.3 is 5.97 Å². The zero-order chi connectivity index (χ0) is 45.8. The molecule has 0 saturated carbocycles. The smallest absolute Gasteiger partial charge is 0.305 e. The molecule has 1 amide bonds. The molecule has 0 fully saturated rings. The van der Waals surface area contributed by atoms with Gasteiger partial charge in [0.1, 0.15) is 0 Å². The Bertz CT molecular complexity index is 898. The Balaban J connectivity index is 3.37. The zero-order valence-corrected chi connectivity index (χ0v) is 42.8. The highest BCUT2D eigenvalue weighted by Crippen LogP contribution is 2.18. The van der Waals surface area contributed by atoms with E-state index in [1.54, 1.807) is 0 Å². The number of hydrogen-bond donors (Lipinski definition) is 3. The van der Waals surface area contributed by atoms with Gasteiger partial charge in [0.05, 0.1) is 25.4 Å². The molecular weight excluding hydrogens is 779 g/mol. The van der Waals surface area contributed by atoms with Gasteiger partial charge in [-0.3, -0.25) is 9.59 Å². The number of carbonyl (C=O) groups excluding carboxylic acids is 2. The number of ether oxygens (including phenoxy) is 1. The molecule has 0 bridgehead atoms. The van der Waals surface area contributed by atoms with Crippen LogP contribution in [0.25, 0.3) is 0 Å². The lowest BCUT2D eigenvalue weighted by molar-refractivity contribution is -0.143. The van der Waals surface area contributed by atoms with Gasteiger partial charge in [0.2, 0.25) is 5.91 Å². The number of aliphatic hydroxyl groups excluding tert-OH is 2. The summed E-state index contributed by atoms with van der Waals surface area (Å²) in [7, 11) is 0. The van der Waals surface area contributed by atoms with E-state index in [2.05, 4.69) is 19.2 Å². The van der Waals surface area contributed by atoms with Crippen molar-refractivity contribution in [2.75, 3.05) is 13.2 Å². The van der Waals surface area contributed by atoms with Crippen molar-refractivity contribution in [2.24, 2.45) is 0 Å². The first kappa shape index (κ1) is 61.9. The van der Waals surface area contributed by atoms with E-state index in [0.717, 1.165) is 38.5 Å². The Labute approximate surface area is 394 Å². The highest BCUT2D eigenvalue weighted by atomic mass is 16.5. The number of esters is 1. The number of hydrogen-bond acceptors (Lipinski definition) is 5. The molecule has 3 N–H and O–H groups in total.